The molecule has 0 saturated heterocycles. The van der Waals surface area contributed by atoms with Crippen LogP contribution in [-0.2, 0) is 20.0 Å². The summed E-state index contributed by atoms with van der Waals surface area (Å²) >= 11 is 6.17. The number of benzene rings is 4. The maximum absolute atomic E-state index is 13.0. The average molecular weight is 570 g/mol. The van der Waals surface area contributed by atoms with Crippen molar-refractivity contribution in [1.29, 1.82) is 0 Å². The second-order valence-corrected chi connectivity index (χ2v) is 12.2. The van der Waals surface area contributed by atoms with Crippen molar-refractivity contribution in [2.75, 3.05) is 14.8 Å². The lowest BCUT2D eigenvalue weighted by molar-refractivity contribution is 0.102. The number of carbonyl (C=O) groups excluding carboxylic acids is 1. The number of nitrogens with one attached hydrogen (secondary N) is 3. The summed E-state index contributed by atoms with van der Waals surface area (Å²) < 4.78 is 56.5. The third-order valence-corrected chi connectivity index (χ3v) is 8.91. The van der Waals surface area contributed by atoms with Crippen LogP contribution in [-0.4, -0.2) is 22.7 Å². The predicted octanol–water partition coefficient (Wildman–Crippen LogP) is 5.81. The van der Waals surface area contributed by atoms with Gasteiger partial charge in [-0.2, -0.15) is 0 Å². The van der Waals surface area contributed by atoms with Crippen LogP contribution in [0.15, 0.2) is 101 Å². The summed E-state index contributed by atoms with van der Waals surface area (Å²) in [5.41, 5.74) is 2.74. The molecule has 11 heteroatoms. The standard InChI is InChI=1S/C27H24ClN3O5S2/c1-18-7-3-5-9-24(18)30-37(33,34)22-14-12-21(13-15-22)29-27(32)20-11-16-23(28)26(17-20)38(35,36)31-25-10-6-4-8-19(25)2/h3-17,30-31H,1-2H3,(H,29,32). The highest BCUT2D eigenvalue weighted by atomic mass is 35.5. The number of para-hydroxylation sites is 2. The van der Waals surface area contributed by atoms with Gasteiger partial charge in [0.25, 0.3) is 26.0 Å². The molecule has 0 bridgehead atoms. The Kier molecular flexibility index (Phi) is 7.77. The van der Waals surface area contributed by atoms with Crippen LogP contribution in [0.4, 0.5) is 17.1 Å². The topological polar surface area (TPSA) is 121 Å². The molecule has 0 spiro atoms. The lowest BCUT2D eigenvalue weighted by Crippen LogP contribution is -2.17. The van der Waals surface area contributed by atoms with Crippen LogP contribution in [0.3, 0.4) is 0 Å². The van der Waals surface area contributed by atoms with Crippen molar-refractivity contribution in [3.8, 4) is 0 Å². The summed E-state index contributed by atoms with van der Waals surface area (Å²) in [6, 6.07) is 23.4. The lowest BCUT2D eigenvalue weighted by atomic mass is 10.2. The Hall–Kier alpha value is -3.86. The van der Waals surface area contributed by atoms with Crippen molar-refractivity contribution in [3.05, 3.63) is 113 Å². The van der Waals surface area contributed by atoms with E-state index in [4.69, 9.17) is 11.6 Å². The van der Waals surface area contributed by atoms with Gasteiger partial charge in [0.1, 0.15) is 4.90 Å². The van der Waals surface area contributed by atoms with Crippen molar-refractivity contribution in [2.24, 2.45) is 0 Å². The van der Waals surface area contributed by atoms with Gasteiger partial charge >= 0.3 is 0 Å². The van der Waals surface area contributed by atoms with Crippen LogP contribution in [0.5, 0.6) is 0 Å². The molecule has 0 fully saturated rings. The van der Waals surface area contributed by atoms with E-state index < -0.39 is 26.0 Å². The second kappa shape index (κ2) is 10.9. The van der Waals surface area contributed by atoms with Crippen LogP contribution in [0, 0.1) is 13.8 Å². The van der Waals surface area contributed by atoms with Crippen LogP contribution >= 0.6 is 11.6 Å². The number of hydrogen-bond donors (Lipinski definition) is 3. The molecule has 8 nitrogen and oxygen atoms in total. The number of rotatable bonds is 8. The Balaban J connectivity index is 1.51. The minimum Gasteiger partial charge on any atom is -0.322 e. The zero-order valence-electron chi connectivity index (χ0n) is 20.4. The maximum atomic E-state index is 13.0. The van der Waals surface area contributed by atoms with E-state index in [0.717, 1.165) is 11.1 Å². The minimum atomic E-state index is -4.08. The molecule has 0 atom stereocenters. The van der Waals surface area contributed by atoms with Crippen molar-refractivity contribution in [3.63, 3.8) is 0 Å². The molecule has 0 aliphatic heterocycles. The van der Waals surface area contributed by atoms with E-state index in [0.29, 0.717) is 17.1 Å². The second-order valence-electron chi connectivity index (χ2n) is 8.46. The third-order valence-electron chi connectivity index (χ3n) is 5.68. The van der Waals surface area contributed by atoms with Gasteiger partial charge in [0.15, 0.2) is 0 Å². The fourth-order valence-electron chi connectivity index (χ4n) is 3.55. The molecule has 196 valence electrons. The fraction of sp³-hybridized carbons (Fsp3) is 0.0741. The van der Waals surface area contributed by atoms with Crippen LogP contribution in [0.1, 0.15) is 21.5 Å². The largest absolute Gasteiger partial charge is 0.322 e. The van der Waals surface area contributed by atoms with E-state index in [1.54, 1.807) is 56.3 Å². The van der Waals surface area contributed by atoms with E-state index in [1.807, 2.05) is 6.07 Å². The zero-order valence-corrected chi connectivity index (χ0v) is 22.8. The first-order valence-electron chi connectivity index (χ1n) is 11.3. The molecule has 0 aliphatic carbocycles. The van der Waals surface area contributed by atoms with Gasteiger partial charge in [0.05, 0.1) is 21.3 Å². The number of amides is 1. The summed E-state index contributed by atoms with van der Waals surface area (Å²) in [4.78, 5) is 12.6. The molecule has 0 heterocycles. The van der Waals surface area contributed by atoms with Crippen molar-refractivity contribution in [2.45, 2.75) is 23.6 Å². The maximum Gasteiger partial charge on any atom is 0.263 e. The van der Waals surface area contributed by atoms with Gasteiger partial charge in [0.2, 0.25) is 0 Å². The smallest absolute Gasteiger partial charge is 0.263 e. The molecule has 0 radical (unpaired) electrons. The van der Waals surface area contributed by atoms with Crippen LogP contribution < -0.4 is 14.8 Å². The first-order chi connectivity index (χ1) is 18.0. The number of carbonyl (C=O) groups is 1. The highest BCUT2D eigenvalue weighted by molar-refractivity contribution is 7.93. The molecular weight excluding hydrogens is 546 g/mol. The van der Waals surface area contributed by atoms with Gasteiger partial charge in [-0.25, -0.2) is 16.8 Å². The molecular formula is C27H24ClN3O5S2. The van der Waals surface area contributed by atoms with Gasteiger partial charge in [-0.15, -0.1) is 0 Å². The Morgan fingerprint density at radius 2 is 1.21 bits per heavy atom. The van der Waals surface area contributed by atoms with E-state index in [-0.39, 0.29) is 20.4 Å². The first kappa shape index (κ1) is 27.2. The summed E-state index contributed by atoms with van der Waals surface area (Å²) in [6.07, 6.45) is 0. The van der Waals surface area contributed by atoms with Gasteiger partial charge in [0, 0.05) is 11.3 Å². The van der Waals surface area contributed by atoms with Crippen LogP contribution in [0.2, 0.25) is 5.02 Å². The summed E-state index contributed by atoms with van der Waals surface area (Å²) in [5.74, 6) is -0.595. The molecule has 0 aliphatic rings. The zero-order chi connectivity index (χ0) is 27.5. The van der Waals surface area contributed by atoms with E-state index in [9.17, 15) is 21.6 Å². The molecule has 0 saturated carbocycles. The fourth-order valence-corrected chi connectivity index (χ4v) is 6.34. The molecule has 4 aromatic rings. The molecule has 4 aromatic carbocycles. The first-order valence-corrected chi connectivity index (χ1v) is 14.7. The minimum absolute atomic E-state index is 0.0147. The highest BCUT2D eigenvalue weighted by Gasteiger charge is 2.21. The van der Waals surface area contributed by atoms with E-state index in [1.165, 1.54) is 42.5 Å². The quantitative estimate of drug-likeness (QED) is 0.247. The summed E-state index contributed by atoms with van der Waals surface area (Å²) in [7, 11) is -7.92. The molecule has 38 heavy (non-hydrogen) atoms. The molecule has 3 N–H and O–H groups in total. The number of sulfonamides is 2. The lowest BCUT2D eigenvalue weighted by Gasteiger charge is -2.13. The Morgan fingerprint density at radius 3 is 1.76 bits per heavy atom. The third kappa shape index (κ3) is 6.16. The van der Waals surface area contributed by atoms with Crippen molar-refractivity contribution < 1.29 is 21.6 Å². The molecule has 0 unspecified atom stereocenters. The molecule has 0 aromatic heterocycles. The summed E-state index contributed by atoms with van der Waals surface area (Å²) in [6.45, 7) is 3.56. The molecule has 1 amide bonds. The number of aryl methyl sites for hydroxylation is 2. The monoisotopic (exact) mass is 569 g/mol. The van der Waals surface area contributed by atoms with Gasteiger partial charge < -0.3 is 5.32 Å². The Labute approximate surface area is 226 Å². The number of anilines is 3. The number of halogens is 1. The predicted molar refractivity (Wildman–Crippen MR) is 150 cm³/mol. The van der Waals surface area contributed by atoms with E-state index in [2.05, 4.69) is 14.8 Å². The Bertz CT molecular complexity index is 1720. The van der Waals surface area contributed by atoms with Gasteiger partial charge in [-0.3, -0.25) is 14.2 Å². The Morgan fingerprint density at radius 1 is 0.684 bits per heavy atom. The van der Waals surface area contributed by atoms with Crippen molar-refractivity contribution >= 4 is 54.6 Å². The van der Waals surface area contributed by atoms with Gasteiger partial charge in [-0.05, 0) is 79.6 Å². The van der Waals surface area contributed by atoms with Gasteiger partial charge in [-0.1, -0.05) is 48.0 Å². The summed E-state index contributed by atoms with van der Waals surface area (Å²) in [5, 5.41) is 2.60. The normalized spacial score (nSPS) is 11.6. The molecule has 4 rings (SSSR count). The highest BCUT2D eigenvalue weighted by Crippen LogP contribution is 2.27. The average Bonchev–Trinajstić information content (AvgIpc) is 2.87. The van der Waals surface area contributed by atoms with Crippen LogP contribution in [0.25, 0.3) is 0 Å². The number of hydrogen-bond acceptors (Lipinski definition) is 5. The van der Waals surface area contributed by atoms with E-state index >= 15 is 0 Å². The SMILES string of the molecule is Cc1ccccc1NS(=O)(=O)c1ccc(NC(=O)c2ccc(Cl)c(S(=O)(=O)Nc3ccccc3C)c2)cc1. The van der Waals surface area contributed by atoms with Crippen molar-refractivity contribution in [1.82, 2.24) is 0 Å².